The van der Waals surface area contributed by atoms with Crippen LogP contribution in [0.5, 0.6) is 0 Å². The highest BCUT2D eigenvalue weighted by atomic mass is 16.8. The molecule has 6 aliphatic heterocycles. The van der Waals surface area contributed by atoms with Gasteiger partial charge in [0.2, 0.25) is 5.91 Å². The molecule has 0 bridgehead atoms. The Hall–Kier alpha value is -3.49. The lowest BCUT2D eigenvalue weighted by atomic mass is 9.96. The molecule has 0 unspecified atom stereocenters. The third-order valence-corrected chi connectivity index (χ3v) is 17.0. The minimum absolute atomic E-state index is 0.0120. The maximum atomic E-state index is 12.3. The molecule has 31 atom stereocenters. The summed E-state index contributed by atoms with van der Waals surface area (Å²) in [4.78, 5) is 59.8. The van der Waals surface area contributed by atoms with Crippen LogP contribution in [0.25, 0.3) is 0 Å². The van der Waals surface area contributed by atoms with Crippen molar-refractivity contribution < 1.29 is 192 Å². The van der Waals surface area contributed by atoms with Crippen LogP contribution in [0.3, 0.4) is 0 Å². The molecule has 0 radical (unpaired) electrons. The molecule has 25 N–H and O–H groups in total. The number of unbranched alkanes of at least 4 members (excludes halogenated alkanes) is 1. The van der Waals surface area contributed by atoms with Crippen LogP contribution < -0.4 is 21.9 Å². The summed E-state index contributed by atoms with van der Waals surface area (Å²) in [6.45, 7) is -2.85. The number of aliphatic hydroxyl groups excluding tert-OH is 20. The highest BCUT2D eigenvalue weighted by Gasteiger charge is 2.55. The molecule has 0 aromatic rings. The van der Waals surface area contributed by atoms with Gasteiger partial charge in [0.25, 0.3) is 5.91 Å². The average Bonchev–Trinajstić information content (AvgIpc) is 0.792. The van der Waals surface area contributed by atoms with E-state index in [9.17, 15) is 126 Å². The Morgan fingerprint density at radius 3 is 1.20 bits per heavy atom. The van der Waals surface area contributed by atoms with Crippen LogP contribution in [0.1, 0.15) is 58.8 Å². The van der Waals surface area contributed by atoms with Gasteiger partial charge in [-0.25, -0.2) is 5.43 Å². The molecule has 6 saturated heterocycles. The zero-order valence-corrected chi connectivity index (χ0v) is 56.0. The van der Waals surface area contributed by atoms with E-state index in [1.54, 1.807) is 0 Å². The normalized spacial score (nSPS) is 39.0. The summed E-state index contributed by atoms with van der Waals surface area (Å²) < 4.78 is 76.3. The van der Waals surface area contributed by atoms with E-state index < -0.39 is 255 Å². The number of nitrogens with one attached hydrogen (secondary N) is 3. The van der Waals surface area contributed by atoms with Crippen LogP contribution in [-0.4, -0.2) is 414 Å². The summed E-state index contributed by atoms with van der Waals surface area (Å²) in [5.41, 5.74) is 10.4. The fourth-order valence-corrected chi connectivity index (χ4v) is 11.0. The van der Waals surface area contributed by atoms with Gasteiger partial charge in [-0.3, -0.25) is 29.4 Å². The van der Waals surface area contributed by atoms with Gasteiger partial charge in [-0.15, -0.1) is 0 Å². The van der Waals surface area contributed by atoms with E-state index in [0.717, 1.165) is 0 Å². The second-order valence-electron chi connectivity index (χ2n) is 24.9. The molecule has 102 heavy (non-hydrogen) atoms. The largest absolute Gasteiger partial charge is 0.394 e. The quantitative estimate of drug-likeness (QED) is 0.0200. The Kier molecular flexibility index (Phi) is 39.1. The maximum absolute atomic E-state index is 12.3. The van der Waals surface area contributed by atoms with Gasteiger partial charge in [0.15, 0.2) is 49.3 Å². The second kappa shape index (κ2) is 44.7. The minimum atomic E-state index is -1.92. The lowest BCUT2D eigenvalue weighted by Gasteiger charge is -2.46. The second-order valence-corrected chi connectivity index (χ2v) is 24.9. The first kappa shape index (κ1) is 89.1. The lowest BCUT2D eigenvalue weighted by Crippen LogP contribution is -2.65. The van der Waals surface area contributed by atoms with Crippen LogP contribution in [0.2, 0.25) is 0 Å². The molecule has 6 aliphatic rings. The number of hydrogen-bond acceptors (Lipinski definition) is 41. The molecule has 6 heterocycles. The standard InChI is InChI=1S/C31H56N4O20.C28H48O19/c1-13(38)14(4-2-3-5-32)34-35-19(40)12-49-11-18(39)33-6-7-50-30-27(48)28(55-31-26(47)24(45)21(42)16(9-37)53-31)22(43)17(54-30)10-51-29-25(46)23(44)20(41)15(8-36)52-29;1-2-4-12(31)9-41-10-13(32)5-3-6-42-27-24(40)25(47-28-23(39)21(37)18(34)15(8-30)45-28)19(35)16(46-27)11-43-26-22(38)20(36)17(33)14(7-29)44-26/h14-17,20-31,34,36-37,41-48H,2-12,32H2,1H3,(H,33,39)(H,35,40);14-30,33-40H,2-11H2,1H3/t14-,15+,16+,17+,20+,21+,22+,23-,24-,25-,26-,27-,28-,29-,30-,31+;14-,15-,16-,17-,18-,19-,20+,21+,22+,23+,24+,25+,26+,27+,28-/m01/s1. The Labute approximate surface area is 583 Å². The molecule has 0 aromatic heterocycles. The molecule has 43 nitrogen and oxygen atoms in total. The molecular weight excluding hydrogens is 1390 g/mol. The fourth-order valence-electron chi connectivity index (χ4n) is 11.0. The van der Waals surface area contributed by atoms with Crippen LogP contribution in [0, 0.1) is 0 Å². The van der Waals surface area contributed by atoms with E-state index in [2.05, 4.69) is 16.2 Å². The third kappa shape index (κ3) is 25.6. The summed E-state index contributed by atoms with van der Waals surface area (Å²) in [5.74, 6) is -1.93. The summed E-state index contributed by atoms with van der Waals surface area (Å²) in [5, 5.41) is 207. The van der Waals surface area contributed by atoms with Gasteiger partial charge < -0.3 is 179 Å². The molecule has 0 spiro atoms. The van der Waals surface area contributed by atoms with Gasteiger partial charge >= 0.3 is 0 Å². The predicted octanol–water partition coefficient (Wildman–Crippen LogP) is -14.5. The van der Waals surface area contributed by atoms with Crippen molar-refractivity contribution in [3.05, 3.63) is 0 Å². The van der Waals surface area contributed by atoms with Gasteiger partial charge in [-0.1, -0.05) is 13.3 Å². The van der Waals surface area contributed by atoms with E-state index >= 15 is 0 Å². The molecule has 6 fully saturated rings. The van der Waals surface area contributed by atoms with Gasteiger partial charge in [-0.05, 0) is 39.2 Å². The van der Waals surface area contributed by atoms with Crippen molar-refractivity contribution in [2.45, 2.75) is 249 Å². The van der Waals surface area contributed by atoms with E-state index in [4.69, 9.17) is 72.0 Å². The number of rotatable bonds is 40. The Morgan fingerprint density at radius 2 is 0.784 bits per heavy atom. The molecule has 0 aromatic carbocycles. The number of Topliss-reactive ketones (excluding diaryl/α,β-unsaturated/α-hetero) is 3. The Morgan fingerprint density at radius 1 is 0.412 bits per heavy atom. The number of hydrazine groups is 1. The van der Waals surface area contributed by atoms with E-state index in [-0.39, 0.29) is 63.2 Å². The topological polar surface area (TPSA) is 681 Å². The van der Waals surface area contributed by atoms with Gasteiger partial charge in [0.1, 0.15) is 179 Å². The Balaban J connectivity index is 0.000000372. The first-order valence-corrected chi connectivity index (χ1v) is 33.2. The number of carbonyl (C=O) groups excluding carboxylic acids is 5. The van der Waals surface area contributed by atoms with E-state index in [1.165, 1.54) is 6.92 Å². The first-order valence-electron chi connectivity index (χ1n) is 33.2. The summed E-state index contributed by atoms with van der Waals surface area (Å²) in [7, 11) is 0. The van der Waals surface area contributed by atoms with E-state index in [0.29, 0.717) is 38.6 Å². The maximum Gasteiger partial charge on any atom is 0.260 e. The summed E-state index contributed by atoms with van der Waals surface area (Å²) in [6, 6.07) is -0.617. The molecule has 0 aliphatic carbocycles. The number of ether oxygens (including phenoxy) is 14. The number of amides is 2. The zero-order chi connectivity index (χ0) is 75.7. The van der Waals surface area contributed by atoms with Crippen molar-refractivity contribution in [2.75, 3.05) is 92.4 Å². The van der Waals surface area contributed by atoms with Crippen molar-refractivity contribution in [2.24, 2.45) is 5.73 Å². The molecule has 2 amide bonds. The van der Waals surface area contributed by atoms with Crippen molar-refractivity contribution in [3.63, 3.8) is 0 Å². The van der Waals surface area contributed by atoms with Crippen molar-refractivity contribution in [1.29, 1.82) is 0 Å². The molecule has 594 valence electrons. The number of nitrogens with two attached hydrogens (primary N) is 1. The first-order chi connectivity index (χ1) is 48.5. The number of hydrogen-bond donors (Lipinski definition) is 24. The van der Waals surface area contributed by atoms with Crippen molar-refractivity contribution in [1.82, 2.24) is 16.2 Å². The minimum Gasteiger partial charge on any atom is -0.394 e. The molecule has 6 rings (SSSR count). The summed E-state index contributed by atoms with van der Waals surface area (Å²) in [6.07, 6.45) is -47.5. The third-order valence-electron chi connectivity index (χ3n) is 17.0. The van der Waals surface area contributed by atoms with Gasteiger partial charge in [0.05, 0.1) is 58.9 Å². The van der Waals surface area contributed by atoms with Crippen LogP contribution in [0.4, 0.5) is 0 Å². The molecule has 43 heteroatoms. The Bertz CT molecular complexity index is 2450. The zero-order valence-electron chi connectivity index (χ0n) is 56.0. The van der Waals surface area contributed by atoms with Crippen LogP contribution >= 0.6 is 0 Å². The fraction of sp³-hybridized carbons (Fsp3) is 0.915. The van der Waals surface area contributed by atoms with Crippen LogP contribution in [-0.2, 0) is 90.3 Å². The monoisotopic (exact) mass is 1490 g/mol. The lowest BCUT2D eigenvalue weighted by molar-refractivity contribution is -0.366. The highest BCUT2D eigenvalue weighted by molar-refractivity contribution is 5.83. The van der Waals surface area contributed by atoms with E-state index in [1.807, 2.05) is 6.92 Å². The van der Waals surface area contributed by atoms with Crippen molar-refractivity contribution in [3.8, 4) is 0 Å². The molecular formula is C59H104N4O39. The number of carbonyl (C=O) groups is 5. The smallest absolute Gasteiger partial charge is 0.260 e. The van der Waals surface area contributed by atoms with Gasteiger partial charge in [-0.2, -0.15) is 0 Å². The van der Waals surface area contributed by atoms with Crippen molar-refractivity contribution >= 4 is 29.2 Å². The molecule has 0 saturated carbocycles. The average molecular weight is 1490 g/mol. The van der Waals surface area contributed by atoms with Gasteiger partial charge in [0, 0.05) is 19.4 Å². The number of ketones is 3. The highest BCUT2D eigenvalue weighted by Crippen LogP contribution is 2.34. The number of aliphatic hydroxyl groups is 20. The summed E-state index contributed by atoms with van der Waals surface area (Å²) >= 11 is 0. The van der Waals surface area contributed by atoms with Crippen LogP contribution in [0.15, 0.2) is 0 Å². The predicted molar refractivity (Wildman–Crippen MR) is 327 cm³/mol. The SMILES string of the molecule is CC(=O)[C@H](CCCCN)NNC(=O)COCC(=O)NCCO[C@H]1O[C@H](CO[C@H]2O[C@H](CO)[C@@H](O)[C@H](O)[C@@H]2O)[C@@H](O)[C@H](O[C@H]2O[C@H](CO)[C@@H](O)[C@H](O)[C@@H]2O)[C@@H]1O.CCCC(=O)COCC(=O)CCCO[C@H]1O[C@H](CO[C@H]2O[C@H](CO)[C@@H](O)[C@H](O)[C@@H]2O)[C@@H](O)[C@H](O[C@H]2O[C@H](CO)[C@@H](O)[C@H](O)[C@@H]2O)[C@@H]1O.